The van der Waals surface area contributed by atoms with E-state index in [4.69, 9.17) is 9.47 Å². The molecule has 0 saturated carbocycles. The van der Waals surface area contributed by atoms with E-state index < -0.39 is 10.0 Å². The standard InChI is InChI=1S/C17H25NO5S/c1-5-23-17(19)14-6-8-18(9-7-14)24(20,21)16-12(2)10-15(22-4)11-13(16)3/h10-11,14H,5-9H2,1-4H3. The second kappa shape index (κ2) is 7.53. The van der Waals surface area contributed by atoms with Crippen LogP contribution >= 0.6 is 0 Å². The van der Waals surface area contributed by atoms with Crippen molar-refractivity contribution in [3.05, 3.63) is 23.3 Å². The first-order valence-corrected chi connectivity index (χ1v) is 9.57. The van der Waals surface area contributed by atoms with Gasteiger partial charge in [-0.2, -0.15) is 4.31 Å². The highest BCUT2D eigenvalue weighted by molar-refractivity contribution is 7.89. The number of piperidine rings is 1. The minimum atomic E-state index is -3.58. The van der Waals surface area contributed by atoms with Gasteiger partial charge in [0.25, 0.3) is 0 Å². The molecule has 24 heavy (non-hydrogen) atoms. The van der Waals surface area contributed by atoms with Crippen LogP contribution in [0.25, 0.3) is 0 Å². The number of esters is 1. The highest BCUT2D eigenvalue weighted by atomic mass is 32.2. The third kappa shape index (κ3) is 3.72. The molecule has 1 heterocycles. The molecule has 0 amide bonds. The van der Waals surface area contributed by atoms with E-state index in [-0.39, 0.29) is 11.9 Å². The first kappa shape index (κ1) is 18.7. The van der Waals surface area contributed by atoms with Crippen molar-refractivity contribution in [2.45, 2.75) is 38.5 Å². The van der Waals surface area contributed by atoms with Crippen molar-refractivity contribution in [1.82, 2.24) is 4.31 Å². The molecule has 0 radical (unpaired) electrons. The number of nitrogens with zero attached hydrogens (tertiary/aromatic N) is 1. The van der Waals surface area contributed by atoms with Crippen LogP contribution in [0.1, 0.15) is 30.9 Å². The highest BCUT2D eigenvalue weighted by Gasteiger charge is 2.34. The summed E-state index contributed by atoms with van der Waals surface area (Å²) in [5.74, 6) is 0.200. The topological polar surface area (TPSA) is 72.9 Å². The van der Waals surface area contributed by atoms with E-state index in [1.165, 1.54) is 4.31 Å². The molecule has 134 valence electrons. The summed E-state index contributed by atoms with van der Waals surface area (Å²) in [6.07, 6.45) is 0.985. The van der Waals surface area contributed by atoms with Crippen LogP contribution in [0.3, 0.4) is 0 Å². The number of sulfonamides is 1. The van der Waals surface area contributed by atoms with E-state index in [1.54, 1.807) is 40.0 Å². The van der Waals surface area contributed by atoms with E-state index >= 15 is 0 Å². The molecule has 2 rings (SSSR count). The Hall–Kier alpha value is -1.60. The van der Waals surface area contributed by atoms with Crippen molar-refractivity contribution >= 4 is 16.0 Å². The van der Waals surface area contributed by atoms with Crippen molar-refractivity contribution in [3.8, 4) is 5.75 Å². The zero-order valence-corrected chi connectivity index (χ0v) is 15.5. The summed E-state index contributed by atoms with van der Waals surface area (Å²) in [6, 6.07) is 3.45. The number of rotatable bonds is 5. The van der Waals surface area contributed by atoms with Crippen molar-refractivity contribution in [2.75, 3.05) is 26.8 Å². The van der Waals surface area contributed by atoms with Crippen molar-refractivity contribution < 1.29 is 22.7 Å². The van der Waals surface area contributed by atoms with Crippen LogP contribution in [0.5, 0.6) is 5.75 Å². The molecular formula is C17H25NO5S. The first-order chi connectivity index (χ1) is 11.3. The summed E-state index contributed by atoms with van der Waals surface area (Å²) in [6.45, 7) is 6.32. The monoisotopic (exact) mass is 355 g/mol. The fourth-order valence-electron chi connectivity index (χ4n) is 3.16. The fraction of sp³-hybridized carbons (Fsp3) is 0.588. The average molecular weight is 355 g/mol. The molecule has 1 aromatic carbocycles. The minimum Gasteiger partial charge on any atom is -0.497 e. The summed E-state index contributed by atoms with van der Waals surface area (Å²) in [5.41, 5.74) is 1.33. The van der Waals surface area contributed by atoms with Gasteiger partial charge in [-0.1, -0.05) is 0 Å². The SMILES string of the molecule is CCOC(=O)C1CCN(S(=O)(=O)c2c(C)cc(OC)cc2C)CC1. The molecule has 6 nitrogen and oxygen atoms in total. The summed E-state index contributed by atoms with van der Waals surface area (Å²) in [7, 11) is -2.03. The zero-order valence-electron chi connectivity index (χ0n) is 14.7. The molecule has 0 unspecified atom stereocenters. The third-order valence-electron chi connectivity index (χ3n) is 4.34. The Morgan fingerprint density at radius 3 is 2.21 bits per heavy atom. The number of carbonyl (C=O) groups excluding carboxylic acids is 1. The van der Waals surface area contributed by atoms with Crippen molar-refractivity contribution in [3.63, 3.8) is 0 Å². The molecule has 1 saturated heterocycles. The lowest BCUT2D eigenvalue weighted by Gasteiger charge is -2.31. The van der Waals surface area contributed by atoms with Crippen LogP contribution in [-0.2, 0) is 19.6 Å². The summed E-state index contributed by atoms with van der Waals surface area (Å²) >= 11 is 0. The number of ether oxygens (including phenoxy) is 2. The minimum absolute atomic E-state index is 0.213. The Balaban J connectivity index is 2.20. The van der Waals surface area contributed by atoms with E-state index in [0.717, 1.165) is 0 Å². The number of hydrogen-bond donors (Lipinski definition) is 0. The number of aryl methyl sites for hydroxylation is 2. The van der Waals surface area contributed by atoms with Gasteiger partial charge < -0.3 is 9.47 Å². The normalized spacial score (nSPS) is 16.8. The van der Waals surface area contributed by atoms with E-state index in [2.05, 4.69) is 0 Å². The van der Waals surface area contributed by atoms with Gasteiger partial charge in [0, 0.05) is 13.1 Å². The molecule has 7 heteroatoms. The van der Waals surface area contributed by atoms with Gasteiger partial charge in [0.05, 0.1) is 24.5 Å². The lowest BCUT2D eigenvalue weighted by Crippen LogP contribution is -2.41. The Morgan fingerprint density at radius 1 is 1.21 bits per heavy atom. The number of benzene rings is 1. The Morgan fingerprint density at radius 2 is 1.75 bits per heavy atom. The van der Waals surface area contributed by atoms with Gasteiger partial charge in [-0.05, 0) is 56.9 Å². The summed E-state index contributed by atoms with van der Waals surface area (Å²) in [5, 5.41) is 0. The number of methoxy groups -OCH3 is 1. The lowest BCUT2D eigenvalue weighted by atomic mass is 9.98. The molecule has 0 N–H and O–H groups in total. The zero-order chi connectivity index (χ0) is 17.9. The van der Waals surface area contributed by atoms with Crippen LogP contribution < -0.4 is 4.74 Å². The number of carbonyl (C=O) groups is 1. The molecule has 0 bridgehead atoms. The average Bonchev–Trinajstić information content (AvgIpc) is 2.54. The van der Waals surface area contributed by atoms with Gasteiger partial charge in [0.2, 0.25) is 10.0 Å². The molecule has 0 atom stereocenters. The largest absolute Gasteiger partial charge is 0.497 e. The second-order valence-electron chi connectivity index (χ2n) is 6.02. The van der Waals surface area contributed by atoms with Gasteiger partial charge in [0.15, 0.2) is 0 Å². The van der Waals surface area contributed by atoms with Gasteiger partial charge in [-0.25, -0.2) is 8.42 Å². The van der Waals surface area contributed by atoms with Crippen LogP contribution in [0.2, 0.25) is 0 Å². The molecule has 1 aliphatic rings. The van der Waals surface area contributed by atoms with E-state index in [1.807, 2.05) is 0 Å². The van der Waals surface area contributed by atoms with Crippen molar-refractivity contribution in [1.29, 1.82) is 0 Å². The molecular weight excluding hydrogens is 330 g/mol. The van der Waals surface area contributed by atoms with Gasteiger partial charge in [-0.3, -0.25) is 4.79 Å². The Kier molecular flexibility index (Phi) is 5.87. The molecule has 1 aliphatic heterocycles. The Labute approximate surface area is 143 Å². The van der Waals surface area contributed by atoms with Crippen LogP contribution in [0.15, 0.2) is 17.0 Å². The maximum atomic E-state index is 13.0. The maximum absolute atomic E-state index is 13.0. The maximum Gasteiger partial charge on any atom is 0.309 e. The van der Waals surface area contributed by atoms with Crippen LogP contribution in [0, 0.1) is 19.8 Å². The number of hydrogen-bond acceptors (Lipinski definition) is 5. The van der Waals surface area contributed by atoms with Crippen LogP contribution in [0.4, 0.5) is 0 Å². The lowest BCUT2D eigenvalue weighted by molar-refractivity contribution is -0.149. The first-order valence-electron chi connectivity index (χ1n) is 8.13. The van der Waals surface area contributed by atoms with Gasteiger partial charge >= 0.3 is 5.97 Å². The molecule has 0 spiro atoms. The van der Waals surface area contributed by atoms with Crippen molar-refractivity contribution in [2.24, 2.45) is 5.92 Å². The van der Waals surface area contributed by atoms with E-state index in [0.29, 0.717) is 54.3 Å². The predicted molar refractivity (Wildman–Crippen MR) is 90.6 cm³/mol. The van der Waals surface area contributed by atoms with Crippen LogP contribution in [-0.4, -0.2) is 45.5 Å². The Bertz CT molecular complexity index is 683. The smallest absolute Gasteiger partial charge is 0.309 e. The van der Waals surface area contributed by atoms with E-state index in [9.17, 15) is 13.2 Å². The molecule has 1 fully saturated rings. The quantitative estimate of drug-likeness (QED) is 0.758. The summed E-state index contributed by atoms with van der Waals surface area (Å²) in [4.78, 5) is 12.1. The summed E-state index contributed by atoms with van der Waals surface area (Å²) < 4.78 is 37.7. The highest BCUT2D eigenvalue weighted by Crippen LogP contribution is 2.30. The molecule has 0 aliphatic carbocycles. The van der Waals surface area contributed by atoms with Gasteiger partial charge in [-0.15, -0.1) is 0 Å². The van der Waals surface area contributed by atoms with Gasteiger partial charge in [0.1, 0.15) is 5.75 Å². The molecule has 0 aromatic heterocycles. The second-order valence-corrected chi connectivity index (χ2v) is 7.90. The fourth-order valence-corrected chi connectivity index (χ4v) is 5.04. The third-order valence-corrected chi connectivity index (χ3v) is 6.55. The predicted octanol–water partition coefficient (Wildman–Crippen LogP) is 2.28. The molecule has 1 aromatic rings.